The van der Waals surface area contributed by atoms with Crippen LogP contribution in [0.3, 0.4) is 0 Å². The Hall–Kier alpha value is -2.41. The smallest absolute Gasteiger partial charge is 0.229 e. The molecule has 33 heavy (non-hydrogen) atoms. The Balaban J connectivity index is 0.000000263. The number of hydrogen-bond acceptors (Lipinski definition) is 8. The molecular weight excluding hydrogens is 566 g/mol. The van der Waals surface area contributed by atoms with E-state index in [9.17, 15) is 28.8 Å². The van der Waals surface area contributed by atoms with Crippen LogP contribution >= 0.6 is 15.9 Å². The van der Waals surface area contributed by atoms with Crippen LogP contribution in [0.5, 0.6) is 0 Å². The number of alkyl halides is 1. The predicted octanol–water partition coefficient (Wildman–Crippen LogP) is -3.05. The van der Waals surface area contributed by atoms with E-state index in [0.717, 1.165) is 0 Å². The second kappa shape index (κ2) is 14.7. The van der Waals surface area contributed by atoms with Crippen molar-refractivity contribution in [2.45, 2.75) is 38.5 Å². The number of carbonyl (C=O) groups excluding carboxylic acids is 6. The van der Waals surface area contributed by atoms with Gasteiger partial charge >= 0.3 is 0 Å². The van der Waals surface area contributed by atoms with Gasteiger partial charge in [-0.3, -0.25) is 48.9 Å². The summed E-state index contributed by atoms with van der Waals surface area (Å²) in [7, 11) is 0. The summed E-state index contributed by atoms with van der Waals surface area (Å²) in [5.41, 5.74) is 0. The predicted molar refractivity (Wildman–Crippen MR) is 117 cm³/mol. The number of imide groups is 3. The van der Waals surface area contributed by atoms with Crippen LogP contribution in [0.15, 0.2) is 17.3 Å². The molecule has 11 nitrogen and oxygen atoms in total. The van der Waals surface area contributed by atoms with Crippen LogP contribution in [0.1, 0.15) is 38.5 Å². The zero-order valence-corrected chi connectivity index (χ0v) is 21.2. The van der Waals surface area contributed by atoms with Crippen LogP contribution < -0.4 is 22.3 Å². The van der Waals surface area contributed by atoms with E-state index in [1.165, 1.54) is 9.80 Å². The van der Waals surface area contributed by atoms with E-state index in [2.05, 4.69) is 26.2 Å². The number of amides is 6. The normalized spacial score (nSPS) is 19.2. The summed E-state index contributed by atoms with van der Waals surface area (Å²) in [4.78, 5) is 73.1. The number of nitrogens with zero attached hydrogens (tertiary/aromatic N) is 4. The molecule has 3 saturated heterocycles. The number of carbonyl (C=O) groups is 6. The molecule has 0 aromatic rings. The standard InChI is InChI=1S/C10H13N3O2.C6H8BrNO2.C4H5NO2.BrH/c14-9-2-3-10(15)13(9)7-6-12-5-1-4-11-8-12;7-3-4-8-5(9)1-2-6(8)10;6-3-1-2-4(7)5-3;/h1,5,8H,2-4,6-7H2;1-4H2;1-2H2,(H,5,6,7);1H/p-1. The van der Waals surface area contributed by atoms with Gasteiger partial charge < -0.3 is 21.9 Å². The van der Waals surface area contributed by atoms with Crippen molar-refractivity contribution < 1.29 is 45.7 Å². The highest BCUT2D eigenvalue weighted by Crippen LogP contribution is 2.12. The Morgan fingerprint density at radius 3 is 1.61 bits per heavy atom. The molecule has 6 amide bonds. The summed E-state index contributed by atoms with van der Waals surface area (Å²) < 4.78 is 0. The second-order valence-electron chi connectivity index (χ2n) is 7.14. The second-order valence-corrected chi connectivity index (χ2v) is 7.93. The lowest BCUT2D eigenvalue weighted by Crippen LogP contribution is -3.00. The van der Waals surface area contributed by atoms with Crippen molar-refractivity contribution in [1.82, 2.24) is 20.0 Å². The highest BCUT2D eigenvalue weighted by molar-refractivity contribution is 9.09. The Bertz CT molecular complexity index is 774. The minimum absolute atomic E-state index is 0. The monoisotopic (exact) mass is 590 g/mol. The van der Waals surface area contributed by atoms with Crippen LogP contribution in [0, 0.1) is 0 Å². The molecule has 0 atom stereocenters. The molecule has 0 aliphatic carbocycles. The van der Waals surface area contributed by atoms with E-state index in [1.54, 1.807) is 6.34 Å². The van der Waals surface area contributed by atoms with E-state index in [1.807, 2.05) is 17.2 Å². The largest absolute Gasteiger partial charge is 1.00 e. The van der Waals surface area contributed by atoms with E-state index in [-0.39, 0.29) is 52.4 Å². The first-order chi connectivity index (χ1) is 15.3. The summed E-state index contributed by atoms with van der Waals surface area (Å²) in [5, 5.41) is 2.81. The van der Waals surface area contributed by atoms with Crippen LogP contribution in [-0.2, 0) is 28.8 Å². The van der Waals surface area contributed by atoms with E-state index >= 15 is 0 Å². The Labute approximate surface area is 210 Å². The van der Waals surface area contributed by atoms with Crippen molar-refractivity contribution in [3.63, 3.8) is 0 Å². The van der Waals surface area contributed by atoms with Crippen molar-refractivity contribution in [3.8, 4) is 0 Å². The van der Waals surface area contributed by atoms with E-state index in [0.29, 0.717) is 70.0 Å². The zero-order chi connectivity index (χ0) is 23.5. The molecule has 0 unspecified atom stereocenters. The Morgan fingerprint density at radius 1 is 0.758 bits per heavy atom. The fraction of sp³-hybridized carbons (Fsp3) is 0.550. The van der Waals surface area contributed by atoms with Gasteiger partial charge in [0.2, 0.25) is 35.4 Å². The van der Waals surface area contributed by atoms with Gasteiger partial charge in [-0.1, -0.05) is 15.9 Å². The topological polar surface area (TPSA) is 137 Å². The molecule has 4 rings (SSSR count). The van der Waals surface area contributed by atoms with Crippen LogP contribution in [-0.4, -0.2) is 88.0 Å². The minimum atomic E-state index is -0.148. The van der Waals surface area contributed by atoms with Crippen molar-refractivity contribution in [3.05, 3.63) is 12.3 Å². The molecule has 0 spiro atoms. The third-order valence-corrected chi connectivity index (χ3v) is 5.15. The number of nitrogens with one attached hydrogen (secondary N) is 1. The summed E-state index contributed by atoms with van der Waals surface area (Å²) in [6, 6.07) is 0. The van der Waals surface area contributed by atoms with Crippen LogP contribution in [0.2, 0.25) is 0 Å². The molecule has 0 saturated carbocycles. The SMILES string of the molecule is O=C1CCC(=O)N1.O=C1CCC(=O)N1CCBr.O=C1CCC(=O)N1CCN1C=CCN=C1.[Br-]. The first-order valence-electron chi connectivity index (χ1n) is 10.3. The molecule has 0 aromatic heterocycles. The van der Waals surface area contributed by atoms with Gasteiger partial charge in [0.1, 0.15) is 0 Å². The molecule has 3 fully saturated rings. The van der Waals surface area contributed by atoms with E-state index in [4.69, 9.17) is 0 Å². The maximum Gasteiger partial charge on any atom is 0.229 e. The molecule has 1 N–H and O–H groups in total. The highest BCUT2D eigenvalue weighted by atomic mass is 79.9. The molecule has 0 aromatic carbocycles. The van der Waals surface area contributed by atoms with Crippen LogP contribution in [0.4, 0.5) is 0 Å². The van der Waals surface area contributed by atoms with Crippen molar-refractivity contribution in [2.75, 3.05) is 31.5 Å². The third-order valence-electron chi connectivity index (χ3n) is 4.80. The molecule has 0 bridgehead atoms. The van der Waals surface area contributed by atoms with Gasteiger partial charge in [0, 0.05) is 69.7 Å². The summed E-state index contributed by atoms with van der Waals surface area (Å²) in [6.45, 7) is 2.29. The molecule has 13 heteroatoms. The van der Waals surface area contributed by atoms with Crippen LogP contribution in [0.25, 0.3) is 0 Å². The maximum absolute atomic E-state index is 11.3. The molecule has 4 aliphatic heterocycles. The fourth-order valence-corrected chi connectivity index (χ4v) is 3.47. The summed E-state index contributed by atoms with van der Waals surface area (Å²) >= 11 is 3.17. The number of halogens is 2. The van der Waals surface area contributed by atoms with Gasteiger partial charge in [0.15, 0.2) is 0 Å². The van der Waals surface area contributed by atoms with Gasteiger partial charge in [-0.2, -0.15) is 0 Å². The number of rotatable bonds is 5. The number of aliphatic imine (C=N–C) groups is 1. The molecule has 4 aliphatic rings. The summed E-state index contributed by atoms with van der Waals surface area (Å²) in [5.74, 6) is -0.486. The first-order valence-corrected chi connectivity index (χ1v) is 11.4. The third kappa shape index (κ3) is 9.54. The number of likely N-dealkylation sites (tertiary alicyclic amines) is 2. The zero-order valence-electron chi connectivity index (χ0n) is 18.0. The average molecular weight is 592 g/mol. The Morgan fingerprint density at radius 2 is 1.24 bits per heavy atom. The molecule has 4 heterocycles. The van der Waals surface area contributed by atoms with Gasteiger partial charge in [0.05, 0.1) is 12.9 Å². The van der Waals surface area contributed by atoms with Gasteiger partial charge in [0.25, 0.3) is 0 Å². The van der Waals surface area contributed by atoms with Crippen molar-refractivity contribution in [2.24, 2.45) is 4.99 Å². The molecular formula is C20H26Br2N5O6-. The molecule has 182 valence electrons. The van der Waals surface area contributed by atoms with Crippen molar-refractivity contribution >= 4 is 57.7 Å². The fourth-order valence-electron chi connectivity index (χ4n) is 3.12. The van der Waals surface area contributed by atoms with Gasteiger partial charge in [-0.25, -0.2) is 0 Å². The lowest BCUT2D eigenvalue weighted by Gasteiger charge is -2.20. The summed E-state index contributed by atoms with van der Waals surface area (Å²) in [6.07, 6.45) is 7.84. The van der Waals surface area contributed by atoms with Gasteiger partial charge in [-0.05, 0) is 6.08 Å². The quantitative estimate of drug-likeness (QED) is 0.265. The average Bonchev–Trinajstić information content (AvgIpc) is 3.42. The lowest BCUT2D eigenvalue weighted by molar-refractivity contribution is -0.139. The Kier molecular flexibility index (Phi) is 12.7. The van der Waals surface area contributed by atoms with Crippen molar-refractivity contribution in [1.29, 1.82) is 0 Å². The number of hydrogen-bond donors (Lipinski definition) is 1. The first kappa shape index (κ1) is 28.6. The highest BCUT2D eigenvalue weighted by Gasteiger charge is 2.28. The minimum Gasteiger partial charge on any atom is -1.00 e. The van der Waals surface area contributed by atoms with Gasteiger partial charge in [-0.15, -0.1) is 0 Å². The lowest BCUT2D eigenvalue weighted by atomic mass is 10.4. The molecule has 0 radical (unpaired) electrons. The van der Waals surface area contributed by atoms with E-state index < -0.39 is 0 Å². The maximum atomic E-state index is 11.3.